The van der Waals surface area contributed by atoms with E-state index in [-0.39, 0.29) is 11.2 Å². The molecule has 3 nitrogen and oxygen atoms in total. The van der Waals surface area contributed by atoms with Crippen LogP contribution >= 0.6 is 0 Å². The Balaban J connectivity index is 2.55. The summed E-state index contributed by atoms with van der Waals surface area (Å²) in [5.74, 6) is 0.762. The van der Waals surface area contributed by atoms with Crippen LogP contribution in [0.25, 0.3) is 0 Å². The van der Waals surface area contributed by atoms with Gasteiger partial charge in [-0.25, -0.2) is 4.39 Å². The quantitative estimate of drug-likeness (QED) is 0.912. The second kappa shape index (κ2) is 5.78. The highest BCUT2D eigenvalue weighted by Gasteiger charge is 2.36. The van der Waals surface area contributed by atoms with Crippen LogP contribution in [0.2, 0.25) is 0 Å². The van der Waals surface area contributed by atoms with E-state index in [1.54, 1.807) is 13.2 Å². The Labute approximate surface area is 113 Å². The van der Waals surface area contributed by atoms with Crippen molar-refractivity contribution in [3.8, 4) is 11.5 Å². The van der Waals surface area contributed by atoms with E-state index in [0.717, 1.165) is 31.2 Å². The van der Waals surface area contributed by atoms with Crippen LogP contribution in [-0.4, -0.2) is 20.8 Å². The Morgan fingerprint density at radius 2 is 1.84 bits per heavy atom. The molecule has 0 aromatic heterocycles. The van der Waals surface area contributed by atoms with Crippen molar-refractivity contribution in [2.24, 2.45) is 5.73 Å². The van der Waals surface area contributed by atoms with Gasteiger partial charge in [-0.2, -0.15) is 0 Å². The molecule has 0 atom stereocenters. The molecule has 2 N–H and O–H groups in total. The predicted molar refractivity (Wildman–Crippen MR) is 73.3 cm³/mol. The molecule has 0 amide bonds. The summed E-state index contributed by atoms with van der Waals surface area (Å²) >= 11 is 0. The molecule has 2 rings (SSSR count). The van der Waals surface area contributed by atoms with E-state index >= 15 is 0 Å². The molecule has 106 valence electrons. The van der Waals surface area contributed by atoms with Crippen LogP contribution in [0.15, 0.2) is 12.1 Å². The van der Waals surface area contributed by atoms with Crippen LogP contribution in [0.5, 0.6) is 11.5 Å². The number of rotatable bonds is 4. The summed E-state index contributed by atoms with van der Waals surface area (Å²) in [6.07, 6.45) is 5.42. The molecule has 1 aromatic rings. The van der Waals surface area contributed by atoms with Crippen molar-refractivity contribution in [3.05, 3.63) is 23.5 Å². The number of nitrogens with two attached hydrogens (primary N) is 1. The molecular weight excluding hydrogens is 245 g/mol. The average Bonchev–Trinajstić information content (AvgIpc) is 2.46. The van der Waals surface area contributed by atoms with E-state index in [1.165, 1.54) is 19.6 Å². The van der Waals surface area contributed by atoms with Crippen LogP contribution in [0, 0.1) is 5.82 Å². The number of halogens is 1. The van der Waals surface area contributed by atoms with Gasteiger partial charge in [0.25, 0.3) is 0 Å². The van der Waals surface area contributed by atoms with E-state index < -0.39 is 0 Å². The maximum absolute atomic E-state index is 13.8. The van der Waals surface area contributed by atoms with Crippen molar-refractivity contribution < 1.29 is 13.9 Å². The normalized spacial score (nSPS) is 18.1. The highest BCUT2D eigenvalue weighted by Crippen LogP contribution is 2.46. The van der Waals surface area contributed by atoms with Crippen molar-refractivity contribution in [2.45, 2.75) is 37.5 Å². The molecule has 4 heteroatoms. The maximum atomic E-state index is 13.8. The number of hydrogen-bond acceptors (Lipinski definition) is 3. The third kappa shape index (κ3) is 2.54. The number of methoxy groups -OCH3 is 2. The van der Waals surface area contributed by atoms with Gasteiger partial charge in [-0.15, -0.1) is 0 Å². The van der Waals surface area contributed by atoms with Gasteiger partial charge >= 0.3 is 0 Å². The molecule has 1 aromatic carbocycles. The third-order valence-corrected chi connectivity index (χ3v) is 4.22. The second-order valence-corrected chi connectivity index (χ2v) is 5.23. The lowest BCUT2D eigenvalue weighted by molar-refractivity contribution is 0.279. The SMILES string of the molecule is COc1cc(F)cc(C2(CN)CCCCC2)c1OC. The molecule has 1 fully saturated rings. The number of benzene rings is 1. The van der Waals surface area contributed by atoms with E-state index in [2.05, 4.69) is 0 Å². The summed E-state index contributed by atoms with van der Waals surface area (Å²) in [4.78, 5) is 0. The van der Waals surface area contributed by atoms with Gasteiger partial charge in [0.1, 0.15) is 5.82 Å². The second-order valence-electron chi connectivity index (χ2n) is 5.23. The zero-order valence-electron chi connectivity index (χ0n) is 11.7. The first-order valence-corrected chi connectivity index (χ1v) is 6.79. The Bertz CT molecular complexity index is 442. The smallest absolute Gasteiger partial charge is 0.164 e. The van der Waals surface area contributed by atoms with E-state index in [0.29, 0.717) is 18.0 Å². The predicted octanol–water partition coefficient (Wildman–Crippen LogP) is 3.00. The topological polar surface area (TPSA) is 44.5 Å². The Kier molecular flexibility index (Phi) is 4.30. The molecule has 0 heterocycles. The van der Waals surface area contributed by atoms with E-state index in [1.807, 2.05) is 0 Å². The molecule has 0 radical (unpaired) electrons. The van der Waals surface area contributed by atoms with Gasteiger partial charge in [0.2, 0.25) is 0 Å². The first-order chi connectivity index (χ1) is 9.16. The molecule has 0 aliphatic heterocycles. The van der Waals surface area contributed by atoms with Gasteiger partial charge < -0.3 is 15.2 Å². The molecule has 0 bridgehead atoms. The number of ether oxygens (including phenoxy) is 2. The van der Waals surface area contributed by atoms with Gasteiger partial charge in [0.05, 0.1) is 14.2 Å². The largest absolute Gasteiger partial charge is 0.493 e. The zero-order valence-corrected chi connectivity index (χ0v) is 11.7. The lowest BCUT2D eigenvalue weighted by Crippen LogP contribution is -2.37. The van der Waals surface area contributed by atoms with Crippen molar-refractivity contribution in [1.82, 2.24) is 0 Å². The van der Waals surface area contributed by atoms with Crippen molar-refractivity contribution >= 4 is 0 Å². The van der Waals surface area contributed by atoms with Crippen molar-refractivity contribution in [3.63, 3.8) is 0 Å². The van der Waals surface area contributed by atoms with E-state index in [9.17, 15) is 4.39 Å². The summed E-state index contributed by atoms with van der Waals surface area (Å²) in [6, 6.07) is 2.91. The van der Waals surface area contributed by atoms with Gasteiger partial charge in [-0.3, -0.25) is 0 Å². The minimum absolute atomic E-state index is 0.182. The fourth-order valence-corrected chi connectivity index (χ4v) is 3.14. The first kappa shape index (κ1) is 14.1. The summed E-state index contributed by atoms with van der Waals surface area (Å²) in [5, 5.41) is 0. The summed E-state index contributed by atoms with van der Waals surface area (Å²) < 4.78 is 24.5. The summed E-state index contributed by atoms with van der Waals surface area (Å²) in [5.41, 5.74) is 6.69. The van der Waals surface area contributed by atoms with E-state index in [4.69, 9.17) is 15.2 Å². The Hall–Kier alpha value is -1.29. The molecular formula is C15H22FNO2. The van der Waals surface area contributed by atoms with Crippen LogP contribution in [-0.2, 0) is 5.41 Å². The van der Waals surface area contributed by atoms with Gasteiger partial charge in [-0.1, -0.05) is 19.3 Å². The molecule has 0 unspecified atom stereocenters. The third-order valence-electron chi connectivity index (χ3n) is 4.22. The van der Waals surface area contributed by atoms with Gasteiger partial charge in [0.15, 0.2) is 11.5 Å². The molecule has 1 saturated carbocycles. The fourth-order valence-electron chi connectivity index (χ4n) is 3.14. The molecule has 0 saturated heterocycles. The minimum Gasteiger partial charge on any atom is -0.493 e. The molecule has 19 heavy (non-hydrogen) atoms. The fraction of sp³-hybridized carbons (Fsp3) is 0.600. The maximum Gasteiger partial charge on any atom is 0.164 e. The highest BCUT2D eigenvalue weighted by molar-refractivity contribution is 5.51. The van der Waals surface area contributed by atoms with Gasteiger partial charge in [-0.05, 0) is 18.9 Å². The first-order valence-electron chi connectivity index (χ1n) is 6.79. The van der Waals surface area contributed by atoms with Crippen molar-refractivity contribution in [2.75, 3.05) is 20.8 Å². The van der Waals surface area contributed by atoms with Gasteiger partial charge in [0, 0.05) is 23.6 Å². The monoisotopic (exact) mass is 267 g/mol. The zero-order chi connectivity index (χ0) is 13.9. The average molecular weight is 267 g/mol. The van der Waals surface area contributed by atoms with Crippen LogP contribution in [0.1, 0.15) is 37.7 Å². The lowest BCUT2D eigenvalue weighted by atomic mass is 9.69. The number of hydrogen-bond donors (Lipinski definition) is 1. The van der Waals surface area contributed by atoms with Crippen LogP contribution in [0.3, 0.4) is 0 Å². The molecule has 1 aliphatic rings. The Morgan fingerprint density at radius 3 is 2.37 bits per heavy atom. The standard InChI is InChI=1S/C15H22FNO2/c1-18-13-9-11(16)8-12(14(13)19-2)15(10-17)6-4-3-5-7-15/h8-9H,3-7,10,17H2,1-2H3. The molecule has 0 spiro atoms. The highest BCUT2D eigenvalue weighted by atomic mass is 19.1. The van der Waals surface area contributed by atoms with Crippen LogP contribution in [0.4, 0.5) is 4.39 Å². The molecule has 1 aliphatic carbocycles. The Morgan fingerprint density at radius 1 is 1.16 bits per heavy atom. The summed E-state index contributed by atoms with van der Waals surface area (Å²) in [6.45, 7) is 0.510. The van der Waals surface area contributed by atoms with Crippen LogP contribution < -0.4 is 15.2 Å². The van der Waals surface area contributed by atoms with Crippen molar-refractivity contribution in [1.29, 1.82) is 0 Å². The lowest BCUT2D eigenvalue weighted by Gasteiger charge is -2.37. The summed E-state index contributed by atoms with van der Waals surface area (Å²) in [7, 11) is 3.11. The minimum atomic E-state index is -0.300.